The minimum atomic E-state index is -2.45. The first kappa shape index (κ1) is 26.3. The maximum absolute atomic E-state index is 12.3. The van der Waals surface area contributed by atoms with E-state index in [1.165, 1.54) is 42.5 Å². The van der Waals surface area contributed by atoms with Crippen molar-refractivity contribution in [2.24, 2.45) is 0 Å². The van der Waals surface area contributed by atoms with E-state index in [0.717, 1.165) is 12.2 Å². The molecule has 0 aromatic heterocycles. The number of aliphatic hydroxyl groups is 2. The molecule has 36 heavy (non-hydrogen) atoms. The quantitative estimate of drug-likeness (QED) is 0.183. The molecule has 190 valence electrons. The van der Waals surface area contributed by atoms with Crippen molar-refractivity contribution in [2.75, 3.05) is 0 Å². The number of ether oxygens (including phenoxy) is 2. The summed E-state index contributed by atoms with van der Waals surface area (Å²) in [5.74, 6) is -4.42. The van der Waals surface area contributed by atoms with Gasteiger partial charge in [0.05, 0.1) is 0 Å². The summed E-state index contributed by atoms with van der Waals surface area (Å²) >= 11 is 0. The summed E-state index contributed by atoms with van der Waals surface area (Å²) in [6, 6.07) is 9.75. The van der Waals surface area contributed by atoms with E-state index in [1.807, 2.05) is 0 Å². The van der Waals surface area contributed by atoms with Crippen molar-refractivity contribution in [1.29, 1.82) is 0 Å². The van der Waals surface area contributed by atoms with Gasteiger partial charge in [0.1, 0.15) is 24.1 Å². The fraction of sp³-hybridized carbons (Fsp3) is 0.240. The number of phenolic OH excluding ortho intramolecular Hbond substituents is 3. The molecule has 1 aliphatic rings. The largest absolute Gasteiger partial charge is 0.508 e. The molecule has 0 radical (unpaired) electrons. The molecule has 1 aliphatic carbocycles. The van der Waals surface area contributed by atoms with Gasteiger partial charge in [0, 0.05) is 25.0 Å². The second-order valence-electron chi connectivity index (χ2n) is 8.20. The Hall–Kier alpha value is -4.35. The summed E-state index contributed by atoms with van der Waals surface area (Å²) in [5, 5.41) is 58.9. The van der Waals surface area contributed by atoms with E-state index in [9.17, 15) is 45.0 Å². The number of rotatable bonds is 7. The molecule has 2 aromatic carbocycles. The zero-order valence-electron chi connectivity index (χ0n) is 18.7. The Morgan fingerprint density at radius 1 is 0.833 bits per heavy atom. The summed E-state index contributed by atoms with van der Waals surface area (Å²) in [7, 11) is 0. The number of carbonyl (C=O) groups excluding carboxylic acids is 2. The van der Waals surface area contributed by atoms with Crippen molar-refractivity contribution >= 4 is 30.1 Å². The summed E-state index contributed by atoms with van der Waals surface area (Å²) in [6.45, 7) is 0. The third-order valence-corrected chi connectivity index (χ3v) is 5.47. The lowest BCUT2D eigenvalue weighted by atomic mass is 9.79. The average molecular weight is 500 g/mol. The van der Waals surface area contributed by atoms with E-state index in [-0.39, 0.29) is 11.5 Å². The highest BCUT2D eigenvalue weighted by atomic mass is 16.6. The van der Waals surface area contributed by atoms with Gasteiger partial charge in [-0.3, -0.25) is 0 Å². The first-order chi connectivity index (χ1) is 17.0. The topological polar surface area (TPSA) is 191 Å². The lowest BCUT2D eigenvalue weighted by molar-refractivity contribution is -0.203. The van der Waals surface area contributed by atoms with Crippen LogP contribution in [0.3, 0.4) is 0 Å². The van der Waals surface area contributed by atoms with Crippen molar-refractivity contribution in [3.05, 3.63) is 65.7 Å². The fourth-order valence-electron chi connectivity index (χ4n) is 3.61. The molecule has 0 spiro atoms. The summed E-state index contributed by atoms with van der Waals surface area (Å²) < 4.78 is 10.3. The molecule has 0 amide bonds. The maximum atomic E-state index is 12.3. The zero-order valence-corrected chi connectivity index (χ0v) is 18.7. The minimum Gasteiger partial charge on any atom is -0.508 e. The Balaban J connectivity index is 1.70. The zero-order chi connectivity index (χ0) is 26.5. The van der Waals surface area contributed by atoms with Crippen LogP contribution in [-0.2, 0) is 23.9 Å². The van der Waals surface area contributed by atoms with Crippen LogP contribution in [0, 0.1) is 0 Å². The van der Waals surface area contributed by atoms with Crippen molar-refractivity contribution in [2.45, 2.75) is 36.8 Å². The molecule has 0 heterocycles. The fourth-order valence-corrected chi connectivity index (χ4v) is 3.61. The lowest BCUT2D eigenvalue weighted by Crippen LogP contribution is -2.58. The first-order valence-electron chi connectivity index (χ1n) is 10.7. The summed E-state index contributed by atoms with van der Waals surface area (Å²) in [6.07, 6.45) is -1.50. The highest BCUT2D eigenvalue weighted by Gasteiger charge is 2.52. The van der Waals surface area contributed by atoms with Gasteiger partial charge in [0.25, 0.3) is 0 Å². The number of esters is 2. The number of aromatic hydroxyl groups is 3. The maximum Gasteiger partial charge on any atom is 0.335 e. The highest BCUT2D eigenvalue weighted by molar-refractivity contribution is 5.88. The van der Waals surface area contributed by atoms with Gasteiger partial charge in [-0.1, -0.05) is 18.2 Å². The van der Waals surface area contributed by atoms with E-state index in [2.05, 4.69) is 0 Å². The summed E-state index contributed by atoms with van der Waals surface area (Å²) in [5.41, 5.74) is -1.64. The van der Waals surface area contributed by atoms with Crippen molar-refractivity contribution < 1.29 is 54.5 Å². The number of aliphatic hydroxyl groups excluding tert-OH is 1. The van der Waals surface area contributed by atoms with Gasteiger partial charge in [-0.25, -0.2) is 14.4 Å². The van der Waals surface area contributed by atoms with Gasteiger partial charge in [-0.05, 0) is 47.5 Å². The molecule has 11 heteroatoms. The van der Waals surface area contributed by atoms with Gasteiger partial charge in [0.15, 0.2) is 17.1 Å². The standard InChI is InChI=1S/C25H24O11/c26-16-3-1-2-14(10-16)5-8-21(29)35-19-12-25(34,24(32)33)13-20(23(19)31)36-22(30)9-6-15-4-7-17(27)18(28)11-15/h1-11,19-20,23,26-28,31,34H,12-13H2,(H,32,33)/b8-5+,9-6+/t19-,20-,23+,25-/m1/s1. The lowest BCUT2D eigenvalue weighted by Gasteiger charge is -2.40. The Kier molecular flexibility index (Phi) is 7.97. The number of phenols is 3. The van der Waals surface area contributed by atoms with E-state index >= 15 is 0 Å². The number of benzene rings is 2. The van der Waals surface area contributed by atoms with Crippen LogP contribution in [0.25, 0.3) is 12.2 Å². The van der Waals surface area contributed by atoms with Crippen LogP contribution in [0.4, 0.5) is 0 Å². The summed E-state index contributed by atoms with van der Waals surface area (Å²) in [4.78, 5) is 36.2. The van der Waals surface area contributed by atoms with Gasteiger partial charge >= 0.3 is 17.9 Å². The smallest absolute Gasteiger partial charge is 0.335 e. The van der Waals surface area contributed by atoms with Crippen LogP contribution in [0.15, 0.2) is 54.6 Å². The molecule has 0 bridgehead atoms. The Morgan fingerprint density at radius 2 is 1.39 bits per heavy atom. The van der Waals surface area contributed by atoms with Crippen LogP contribution in [-0.4, -0.2) is 72.5 Å². The highest BCUT2D eigenvalue weighted by Crippen LogP contribution is 2.33. The number of carbonyl (C=O) groups is 3. The molecule has 1 saturated carbocycles. The van der Waals surface area contributed by atoms with Crippen LogP contribution in [0.2, 0.25) is 0 Å². The molecule has 1 fully saturated rings. The van der Waals surface area contributed by atoms with Gasteiger partial charge in [0.2, 0.25) is 0 Å². The van der Waals surface area contributed by atoms with E-state index in [0.29, 0.717) is 11.1 Å². The van der Waals surface area contributed by atoms with E-state index < -0.39 is 60.4 Å². The second kappa shape index (κ2) is 10.9. The predicted molar refractivity (Wildman–Crippen MR) is 124 cm³/mol. The van der Waals surface area contributed by atoms with Gasteiger partial charge in [-0.2, -0.15) is 0 Å². The van der Waals surface area contributed by atoms with Crippen LogP contribution >= 0.6 is 0 Å². The number of carboxylic acid groups (broad SMARTS) is 1. The molecule has 0 aliphatic heterocycles. The van der Waals surface area contributed by atoms with E-state index in [1.54, 1.807) is 12.1 Å². The number of hydrogen-bond acceptors (Lipinski definition) is 10. The Bertz CT molecular complexity index is 1200. The third kappa shape index (κ3) is 6.62. The van der Waals surface area contributed by atoms with Gasteiger partial charge < -0.3 is 40.1 Å². The van der Waals surface area contributed by atoms with Crippen molar-refractivity contribution in [3.63, 3.8) is 0 Å². The second-order valence-corrected chi connectivity index (χ2v) is 8.20. The van der Waals surface area contributed by atoms with E-state index in [4.69, 9.17) is 9.47 Å². The monoisotopic (exact) mass is 500 g/mol. The number of hydrogen-bond donors (Lipinski definition) is 6. The Labute approximate surface area is 204 Å². The molecule has 6 N–H and O–H groups in total. The molecule has 0 saturated heterocycles. The molecule has 0 unspecified atom stereocenters. The van der Waals surface area contributed by atoms with Crippen LogP contribution in [0.5, 0.6) is 17.2 Å². The van der Waals surface area contributed by atoms with Crippen LogP contribution < -0.4 is 0 Å². The van der Waals surface area contributed by atoms with Crippen LogP contribution in [0.1, 0.15) is 24.0 Å². The minimum absolute atomic E-state index is 0.0272. The SMILES string of the molecule is O=C(/C=C/c1cccc(O)c1)O[C@@H]1C[C@](O)(C(=O)O)C[C@@H](OC(=O)/C=C/c2ccc(O)c(O)c2)[C@H]1O. The molecular formula is C25H24O11. The van der Waals surface area contributed by atoms with Gasteiger partial charge in [-0.15, -0.1) is 0 Å². The van der Waals surface area contributed by atoms with Crippen molar-refractivity contribution in [3.8, 4) is 17.2 Å². The molecule has 4 atom stereocenters. The third-order valence-electron chi connectivity index (χ3n) is 5.47. The molecule has 11 nitrogen and oxygen atoms in total. The van der Waals surface area contributed by atoms with Crippen molar-refractivity contribution in [1.82, 2.24) is 0 Å². The predicted octanol–water partition coefficient (Wildman–Crippen LogP) is 1.32. The number of carboxylic acids is 1. The Morgan fingerprint density at radius 3 is 1.89 bits per heavy atom. The normalized spacial score (nSPS) is 24.0. The first-order valence-corrected chi connectivity index (χ1v) is 10.7. The molecular weight excluding hydrogens is 476 g/mol. The number of aliphatic carboxylic acids is 1. The molecule has 2 aromatic rings. The average Bonchev–Trinajstić information content (AvgIpc) is 2.81. The molecule has 3 rings (SSSR count).